The van der Waals surface area contributed by atoms with Gasteiger partial charge in [0.05, 0.1) is 0 Å². The molecule has 3 heteroatoms. The summed E-state index contributed by atoms with van der Waals surface area (Å²) in [6.07, 6.45) is 5.16. The molecule has 94 valence electrons. The number of thiol groups is 1. The van der Waals surface area contributed by atoms with Crippen molar-refractivity contribution >= 4 is 16.8 Å². The molecule has 0 spiro atoms. The van der Waals surface area contributed by atoms with Crippen molar-refractivity contribution in [1.82, 2.24) is 0 Å². The van der Waals surface area contributed by atoms with Gasteiger partial charge >= 0.3 is 0 Å². The van der Waals surface area contributed by atoms with Gasteiger partial charge in [-0.15, -0.1) is 0 Å². The second-order valence-electron chi connectivity index (χ2n) is 4.35. The smallest absolute Gasteiger partial charge is 0.161 e. The molecule has 0 heterocycles. The van der Waals surface area contributed by atoms with Gasteiger partial charge in [0.15, 0.2) is 10.7 Å². The molecular formula is C14H20O2S. The molecule has 0 aliphatic carbocycles. The lowest BCUT2D eigenvalue weighted by Gasteiger charge is -2.09. The quantitative estimate of drug-likeness (QED) is 0.816. The van der Waals surface area contributed by atoms with E-state index in [9.17, 15) is 8.42 Å². The zero-order chi connectivity index (χ0) is 12.8. The van der Waals surface area contributed by atoms with Gasteiger partial charge in [0.2, 0.25) is 0 Å². The number of hydrogen-bond donors (Lipinski definition) is 1. The Morgan fingerprint density at radius 3 is 2.24 bits per heavy atom. The van der Waals surface area contributed by atoms with Crippen LogP contribution in [0.4, 0.5) is 0 Å². The molecule has 0 aromatic heterocycles. The van der Waals surface area contributed by atoms with Crippen LogP contribution in [0, 0.1) is 13.8 Å². The molecule has 0 aliphatic rings. The predicted octanol–water partition coefficient (Wildman–Crippen LogP) is 3.23. The van der Waals surface area contributed by atoms with E-state index in [4.69, 9.17) is 0 Å². The van der Waals surface area contributed by atoms with Crippen molar-refractivity contribution in [3.8, 4) is 0 Å². The van der Waals surface area contributed by atoms with Gasteiger partial charge in [0.1, 0.15) is 0 Å². The lowest BCUT2D eigenvalue weighted by molar-refractivity contribution is 0.622. The summed E-state index contributed by atoms with van der Waals surface area (Å²) in [6.45, 7) is 6.24. The van der Waals surface area contributed by atoms with Crippen LogP contribution in [0.3, 0.4) is 0 Å². The summed E-state index contributed by atoms with van der Waals surface area (Å²) in [4.78, 5) is 0. The van der Waals surface area contributed by atoms with Gasteiger partial charge in [0.25, 0.3) is 0 Å². The van der Waals surface area contributed by atoms with Crippen molar-refractivity contribution in [3.63, 3.8) is 0 Å². The molecule has 0 bridgehead atoms. The fourth-order valence-corrected chi connectivity index (χ4v) is 2.26. The monoisotopic (exact) mass is 252 g/mol. The Labute approximate surface area is 105 Å². The normalized spacial score (nSPS) is 11.5. The molecule has 2 nitrogen and oxygen atoms in total. The maximum Gasteiger partial charge on any atom is 0.161 e. The van der Waals surface area contributed by atoms with E-state index in [-0.39, 0.29) is 0 Å². The van der Waals surface area contributed by atoms with Crippen molar-refractivity contribution in [3.05, 3.63) is 39.8 Å². The summed E-state index contributed by atoms with van der Waals surface area (Å²) >= 11 is 0. The molecule has 0 radical (unpaired) electrons. The van der Waals surface area contributed by atoms with Crippen LogP contribution in [0.1, 0.15) is 42.0 Å². The van der Waals surface area contributed by atoms with Crippen LogP contribution in [0.2, 0.25) is 0 Å². The van der Waals surface area contributed by atoms with E-state index in [0.29, 0.717) is 0 Å². The number of aryl methyl sites for hydroxylation is 3. The second kappa shape index (κ2) is 6.60. The summed E-state index contributed by atoms with van der Waals surface area (Å²) in [7, 11) is -2.45. The average Bonchev–Trinajstić information content (AvgIpc) is 2.24. The van der Waals surface area contributed by atoms with Crippen molar-refractivity contribution in [2.75, 3.05) is 0 Å². The highest BCUT2D eigenvalue weighted by Gasteiger charge is 2.02. The average molecular weight is 252 g/mol. The Kier molecular flexibility index (Phi) is 5.42. The van der Waals surface area contributed by atoms with Gasteiger partial charge in [-0.3, -0.25) is 0 Å². The molecular weight excluding hydrogens is 232 g/mol. The van der Waals surface area contributed by atoms with Crippen LogP contribution < -0.4 is 0 Å². The van der Waals surface area contributed by atoms with Crippen LogP contribution >= 0.6 is 0 Å². The van der Waals surface area contributed by atoms with Crippen LogP contribution in [-0.4, -0.2) is 8.42 Å². The van der Waals surface area contributed by atoms with Gasteiger partial charge in [-0.1, -0.05) is 25.5 Å². The molecule has 0 unspecified atom stereocenters. The first-order valence-corrected chi connectivity index (χ1v) is 7.21. The molecule has 0 saturated carbocycles. The van der Waals surface area contributed by atoms with Crippen LogP contribution in [-0.2, 0) is 17.1 Å². The van der Waals surface area contributed by atoms with E-state index < -0.39 is 10.7 Å². The summed E-state index contributed by atoms with van der Waals surface area (Å²) in [5.74, 6) is 0. The zero-order valence-corrected chi connectivity index (χ0v) is 11.6. The Bertz CT molecular complexity index is 454. The predicted molar refractivity (Wildman–Crippen MR) is 73.9 cm³/mol. The number of unbranched alkanes of at least 4 members (excludes halogenated alkanes) is 1. The van der Waals surface area contributed by atoms with Crippen molar-refractivity contribution < 1.29 is 8.42 Å². The summed E-state index contributed by atoms with van der Waals surface area (Å²) < 4.78 is 21.1. The lowest BCUT2D eigenvalue weighted by Crippen LogP contribution is -1.92. The van der Waals surface area contributed by atoms with E-state index in [1.807, 2.05) is 13.8 Å². The Morgan fingerprint density at radius 1 is 1.18 bits per heavy atom. The minimum Gasteiger partial charge on any atom is -0.227 e. The summed E-state index contributed by atoms with van der Waals surface area (Å²) in [6, 6.07) is 4.31. The first-order valence-electron chi connectivity index (χ1n) is 5.96. The fourth-order valence-electron chi connectivity index (χ4n) is 1.99. The number of benzene rings is 1. The highest BCUT2D eigenvalue weighted by Crippen LogP contribution is 2.19. The zero-order valence-electron chi connectivity index (χ0n) is 10.7. The van der Waals surface area contributed by atoms with Crippen LogP contribution in [0.15, 0.2) is 17.5 Å². The Hall–Kier alpha value is -1.09. The topological polar surface area (TPSA) is 34.1 Å². The molecule has 0 N–H and O–H groups in total. The summed E-state index contributed by atoms with van der Waals surface area (Å²) in [5.41, 5.74) is 4.64. The minimum absolute atomic E-state index is 1.02. The lowest BCUT2D eigenvalue weighted by atomic mass is 9.97. The molecule has 1 aromatic rings. The van der Waals surface area contributed by atoms with Crippen LogP contribution in [0.25, 0.3) is 6.08 Å². The summed E-state index contributed by atoms with van der Waals surface area (Å²) in [5, 5.41) is 1.23. The van der Waals surface area contributed by atoms with Gasteiger partial charge in [-0.05, 0) is 55.0 Å². The fraction of sp³-hybridized carbons (Fsp3) is 0.429. The van der Waals surface area contributed by atoms with Crippen molar-refractivity contribution in [1.29, 1.82) is 0 Å². The Balaban J connectivity index is 3.01. The standard InChI is InChI=1S/C14H20O2S/c1-4-5-6-13-9-11(2)14(12(3)10-13)7-8-17(15)16/h7-10,17H,4-6H2,1-3H3/b8-7+. The first kappa shape index (κ1) is 14.0. The molecule has 1 rings (SSSR count). The van der Waals surface area contributed by atoms with Gasteiger partial charge < -0.3 is 0 Å². The maximum atomic E-state index is 10.6. The highest BCUT2D eigenvalue weighted by atomic mass is 32.2. The van der Waals surface area contributed by atoms with Crippen molar-refractivity contribution in [2.24, 2.45) is 0 Å². The molecule has 0 aliphatic heterocycles. The third kappa shape index (κ3) is 4.35. The molecule has 0 amide bonds. The molecule has 0 saturated heterocycles. The molecule has 0 atom stereocenters. The SMILES string of the molecule is CCCCc1cc(C)c(/C=C/[SH](=O)=O)c(C)c1. The number of hydrogen-bond acceptors (Lipinski definition) is 2. The first-order chi connectivity index (χ1) is 8.04. The Morgan fingerprint density at radius 2 is 1.76 bits per heavy atom. The third-order valence-electron chi connectivity index (χ3n) is 2.84. The second-order valence-corrected chi connectivity index (χ2v) is 5.22. The largest absolute Gasteiger partial charge is 0.227 e. The van der Waals surface area contributed by atoms with Gasteiger partial charge in [-0.2, -0.15) is 0 Å². The molecule has 0 fully saturated rings. The van der Waals surface area contributed by atoms with E-state index in [1.54, 1.807) is 6.08 Å². The number of rotatable bonds is 5. The van der Waals surface area contributed by atoms with E-state index >= 15 is 0 Å². The van der Waals surface area contributed by atoms with E-state index in [2.05, 4.69) is 19.1 Å². The third-order valence-corrected chi connectivity index (χ3v) is 3.23. The molecule has 1 aromatic carbocycles. The maximum absolute atomic E-state index is 10.6. The van der Waals surface area contributed by atoms with Gasteiger partial charge in [-0.25, -0.2) is 8.42 Å². The van der Waals surface area contributed by atoms with E-state index in [0.717, 1.165) is 23.1 Å². The minimum atomic E-state index is -2.45. The molecule has 17 heavy (non-hydrogen) atoms. The van der Waals surface area contributed by atoms with Crippen molar-refractivity contribution in [2.45, 2.75) is 40.0 Å². The van der Waals surface area contributed by atoms with Crippen LogP contribution in [0.5, 0.6) is 0 Å². The van der Waals surface area contributed by atoms with E-state index in [1.165, 1.54) is 23.8 Å². The van der Waals surface area contributed by atoms with Gasteiger partial charge in [0, 0.05) is 5.41 Å². The highest BCUT2D eigenvalue weighted by molar-refractivity contribution is 7.75.